The standard InChI is InChI=1S/C43H63N5O9/c1-12-13-15-22-32-43(9,10)42(55)46-34(26(4)5)39(52)47(11)35(27(6)7)41(54)56-31(24-29-19-16-14-17-20-29)38(51)48-23-18-21-30(48)36(49)45-33(25(2)3)37(50)44-28(8)40(53)57-32/h1,14,16-17,19-20,25-28,30-35H,13,15,18,21-24H2,2-11H3,(H,44,50)(H,45,49)(H,46,55)/t28-,30-,31-,32?,33-,34?,35?/m0/s1. The lowest BCUT2D eigenvalue weighted by Gasteiger charge is -2.38. The summed E-state index contributed by atoms with van der Waals surface area (Å²) in [6.45, 7) is 15.3. The fraction of sp³-hybridized carbons (Fsp3) is 0.651. The van der Waals surface area contributed by atoms with Gasteiger partial charge in [-0.25, -0.2) is 9.59 Å². The van der Waals surface area contributed by atoms with Crippen LogP contribution in [0.25, 0.3) is 0 Å². The normalized spacial score (nSPS) is 27.4. The summed E-state index contributed by atoms with van der Waals surface area (Å²) in [5.41, 5.74) is -0.678. The zero-order valence-corrected chi connectivity index (χ0v) is 35.3. The van der Waals surface area contributed by atoms with Crippen molar-refractivity contribution in [3.63, 3.8) is 0 Å². The molecule has 2 heterocycles. The van der Waals surface area contributed by atoms with Crippen molar-refractivity contribution in [3.8, 4) is 12.3 Å². The summed E-state index contributed by atoms with van der Waals surface area (Å²) >= 11 is 0. The summed E-state index contributed by atoms with van der Waals surface area (Å²) in [6.07, 6.45) is 4.94. The van der Waals surface area contributed by atoms with Gasteiger partial charge in [0.1, 0.15) is 36.3 Å². The summed E-state index contributed by atoms with van der Waals surface area (Å²) in [7, 11) is 1.46. The number of likely N-dealkylation sites (N-methyl/N-ethyl adjacent to an activating group) is 1. The van der Waals surface area contributed by atoms with Crippen molar-refractivity contribution in [3.05, 3.63) is 35.9 Å². The van der Waals surface area contributed by atoms with Crippen LogP contribution in [0.2, 0.25) is 0 Å². The molecule has 1 aromatic carbocycles. The number of benzene rings is 1. The fourth-order valence-electron chi connectivity index (χ4n) is 7.27. The second-order valence-corrected chi connectivity index (χ2v) is 16.8. The molecule has 0 aromatic heterocycles. The number of hydrogen-bond donors (Lipinski definition) is 3. The average Bonchev–Trinajstić information content (AvgIpc) is 3.64. The molecule has 2 aliphatic rings. The highest BCUT2D eigenvalue weighted by atomic mass is 16.6. The number of carbonyl (C=O) groups is 7. The van der Waals surface area contributed by atoms with Crippen molar-refractivity contribution >= 4 is 41.5 Å². The van der Waals surface area contributed by atoms with Crippen LogP contribution in [0.15, 0.2) is 30.3 Å². The van der Waals surface area contributed by atoms with E-state index in [4.69, 9.17) is 15.9 Å². The van der Waals surface area contributed by atoms with Crippen molar-refractivity contribution in [1.82, 2.24) is 25.8 Å². The number of cyclic esters (lactones) is 2. The molecule has 314 valence electrons. The van der Waals surface area contributed by atoms with Crippen LogP contribution in [0.3, 0.4) is 0 Å². The molecule has 3 rings (SSSR count). The molecule has 2 aliphatic heterocycles. The molecule has 0 saturated carbocycles. The molecule has 14 heteroatoms. The topological polar surface area (TPSA) is 181 Å². The molecular formula is C43H63N5O9. The van der Waals surface area contributed by atoms with E-state index in [2.05, 4.69) is 21.9 Å². The minimum absolute atomic E-state index is 0.00596. The second kappa shape index (κ2) is 20.5. The number of nitrogens with zero attached hydrogens (tertiary/aromatic N) is 2. The van der Waals surface area contributed by atoms with Crippen LogP contribution in [0.4, 0.5) is 0 Å². The van der Waals surface area contributed by atoms with Gasteiger partial charge in [0, 0.05) is 26.4 Å². The summed E-state index contributed by atoms with van der Waals surface area (Å²) < 4.78 is 12.0. The largest absolute Gasteiger partial charge is 0.460 e. The van der Waals surface area contributed by atoms with Gasteiger partial charge in [-0.15, -0.1) is 12.3 Å². The number of ether oxygens (including phenoxy) is 2. The first-order valence-electron chi connectivity index (χ1n) is 20.1. The zero-order chi connectivity index (χ0) is 42.8. The van der Waals surface area contributed by atoms with Crippen LogP contribution in [0.5, 0.6) is 0 Å². The first-order chi connectivity index (χ1) is 26.7. The van der Waals surface area contributed by atoms with Gasteiger partial charge in [-0.3, -0.25) is 24.0 Å². The lowest BCUT2D eigenvalue weighted by atomic mass is 9.82. The first-order valence-corrected chi connectivity index (χ1v) is 20.1. The maximum Gasteiger partial charge on any atom is 0.329 e. The van der Waals surface area contributed by atoms with Crippen LogP contribution in [0.1, 0.15) is 100.0 Å². The quantitative estimate of drug-likeness (QED) is 0.203. The van der Waals surface area contributed by atoms with Crippen molar-refractivity contribution in [2.24, 2.45) is 23.2 Å². The number of nitrogens with one attached hydrogen (secondary N) is 3. The third-order valence-corrected chi connectivity index (χ3v) is 10.9. The molecule has 2 fully saturated rings. The Balaban J connectivity index is 2.15. The Kier molecular flexibility index (Phi) is 16.7. The smallest absolute Gasteiger partial charge is 0.329 e. The molecule has 3 N–H and O–H groups in total. The number of fused-ring (bicyclic) bond motifs is 1. The number of amides is 5. The molecule has 5 amide bonds. The van der Waals surface area contributed by atoms with Crippen molar-refractivity contribution in [1.29, 1.82) is 0 Å². The number of unbranched alkanes of at least 4 members (excludes halogenated alkanes) is 1. The minimum Gasteiger partial charge on any atom is -0.460 e. The van der Waals surface area contributed by atoms with E-state index in [-0.39, 0.29) is 19.4 Å². The Bertz CT molecular complexity index is 1650. The number of esters is 2. The highest BCUT2D eigenvalue weighted by Crippen LogP contribution is 2.30. The molecule has 7 atom stereocenters. The van der Waals surface area contributed by atoms with E-state index >= 15 is 0 Å². The lowest BCUT2D eigenvalue weighted by molar-refractivity contribution is -0.169. The maximum atomic E-state index is 14.4. The van der Waals surface area contributed by atoms with E-state index in [1.54, 1.807) is 79.7 Å². The number of hydrogen-bond acceptors (Lipinski definition) is 9. The predicted molar refractivity (Wildman–Crippen MR) is 214 cm³/mol. The van der Waals surface area contributed by atoms with Gasteiger partial charge in [-0.2, -0.15) is 0 Å². The maximum absolute atomic E-state index is 14.4. The first kappa shape index (κ1) is 46.5. The van der Waals surface area contributed by atoms with Gasteiger partial charge in [-0.05, 0) is 69.8 Å². The van der Waals surface area contributed by atoms with E-state index in [0.717, 1.165) is 0 Å². The Morgan fingerprint density at radius 2 is 1.46 bits per heavy atom. The number of rotatable bonds is 8. The van der Waals surface area contributed by atoms with E-state index in [9.17, 15) is 33.6 Å². The van der Waals surface area contributed by atoms with Gasteiger partial charge in [0.15, 0.2) is 6.10 Å². The van der Waals surface area contributed by atoms with E-state index in [1.165, 1.54) is 23.8 Å². The molecule has 0 spiro atoms. The highest BCUT2D eigenvalue weighted by Gasteiger charge is 2.45. The van der Waals surface area contributed by atoms with Gasteiger partial charge in [0.2, 0.25) is 23.6 Å². The molecule has 0 radical (unpaired) electrons. The van der Waals surface area contributed by atoms with Crippen LogP contribution >= 0.6 is 0 Å². The molecule has 3 unspecified atom stereocenters. The van der Waals surface area contributed by atoms with Crippen LogP contribution in [0, 0.1) is 35.5 Å². The van der Waals surface area contributed by atoms with Crippen LogP contribution in [-0.4, -0.2) is 107 Å². The van der Waals surface area contributed by atoms with Crippen molar-refractivity contribution in [2.75, 3.05) is 13.6 Å². The summed E-state index contributed by atoms with van der Waals surface area (Å²) in [4.78, 5) is 101. The van der Waals surface area contributed by atoms with Gasteiger partial charge >= 0.3 is 11.9 Å². The Morgan fingerprint density at radius 3 is 2.04 bits per heavy atom. The monoisotopic (exact) mass is 793 g/mol. The van der Waals surface area contributed by atoms with Crippen molar-refractivity contribution in [2.45, 2.75) is 143 Å². The lowest BCUT2D eigenvalue weighted by Crippen LogP contribution is -2.60. The Labute approximate surface area is 337 Å². The molecule has 2 saturated heterocycles. The third kappa shape index (κ3) is 11.8. The summed E-state index contributed by atoms with van der Waals surface area (Å²) in [5, 5.41) is 8.31. The Hall–Kier alpha value is -4.93. The van der Waals surface area contributed by atoms with E-state index in [0.29, 0.717) is 31.2 Å². The molecule has 0 bridgehead atoms. The van der Waals surface area contributed by atoms with Gasteiger partial charge in [-0.1, -0.05) is 71.9 Å². The van der Waals surface area contributed by atoms with E-state index in [1.807, 2.05) is 6.07 Å². The zero-order valence-electron chi connectivity index (χ0n) is 35.3. The van der Waals surface area contributed by atoms with Crippen LogP contribution in [-0.2, 0) is 49.5 Å². The van der Waals surface area contributed by atoms with Crippen LogP contribution < -0.4 is 16.0 Å². The molecule has 14 nitrogen and oxygen atoms in total. The highest BCUT2D eigenvalue weighted by molar-refractivity contribution is 5.96. The number of carbonyl (C=O) groups excluding carboxylic acids is 7. The van der Waals surface area contributed by atoms with Crippen molar-refractivity contribution < 1.29 is 43.0 Å². The van der Waals surface area contributed by atoms with E-state index < -0.39 is 107 Å². The molecular weight excluding hydrogens is 730 g/mol. The fourth-order valence-corrected chi connectivity index (χ4v) is 7.27. The SMILES string of the molecule is C#CCCCC1OC(=O)[C@H](C)NC(=O)[C@H](C(C)C)NC(=O)[C@@H]2CCCN2C(=O)[C@H](Cc2ccccc2)OC(=O)C(C(C)C)N(C)C(=O)C(C(C)C)NC(=O)C1(C)C. The van der Waals surface area contributed by atoms with Gasteiger partial charge in [0.25, 0.3) is 5.91 Å². The molecule has 1 aromatic rings. The predicted octanol–water partition coefficient (Wildman–Crippen LogP) is 3.16. The number of terminal acetylenes is 1. The Morgan fingerprint density at radius 1 is 0.825 bits per heavy atom. The summed E-state index contributed by atoms with van der Waals surface area (Å²) in [6, 6.07) is 3.53. The van der Waals surface area contributed by atoms with Gasteiger partial charge < -0.3 is 35.2 Å². The average molecular weight is 794 g/mol. The van der Waals surface area contributed by atoms with Gasteiger partial charge in [0.05, 0.1) is 5.41 Å². The molecule has 57 heavy (non-hydrogen) atoms. The third-order valence-electron chi connectivity index (χ3n) is 10.9. The minimum atomic E-state index is -1.39. The molecule has 0 aliphatic carbocycles. The summed E-state index contributed by atoms with van der Waals surface area (Å²) in [5.74, 6) is -3.34. The second-order valence-electron chi connectivity index (χ2n) is 16.8.